The molecule has 1 N–H and O–H groups in total. The van der Waals surface area contributed by atoms with Gasteiger partial charge in [-0.15, -0.1) is 0 Å². The summed E-state index contributed by atoms with van der Waals surface area (Å²) in [5.41, 5.74) is 0.829. The molecule has 1 aromatic heterocycles. The number of carbonyl (C=O) groups is 1. The molecule has 0 saturated heterocycles. The van der Waals surface area contributed by atoms with E-state index in [1.807, 2.05) is 0 Å². The summed E-state index contributed by atoms with van der Waals surface area (Å²) < 4.78 is 31.0. The third kappa shape index (κ3) is 3.15. The van der Waals surface area contributed by atoms with E-state index in [4.69, 9.17) is 4.42 Å². The number of amides is 1. The monoisotopic (exact) mass is 266 g/mol. The van der Waals surface area contributed by atoms with Crippen LogP contribution in [0, 0.1) is 25.5 Å². The van der Waals surface area contributed by atoms with E-state index < -0.39 is 11.6 Å². The van der Waals surface area contributed by atoms with Gasteiger partial charge in [-0.05, 0) is 19.1 Å². The molecule has 0 aliphatic carbocycles. The SMILES string of the molecule is Cc1nc(C)c(CC(=O)Nc2ccc(F)c(F)c2)o1. The third-order valence-corrected chi connectivity index (χ3v) is 2.52. The van der Waals surface area contributed by atoms with Crippen molar-refractivity contribution in [2.24, 2.45) is 0 Å². The molecule has 1 amide bonds. The molecule has 0 bridgehead atoms. The number of aryl methyl sites for hydroxylation is 2. The minimum Gasteiger partial charge on any atom is -0.445 e. The zero-order valence-corrected chi connectivity index (χ0v) is 10.5. The summed E-state index contributed by atoms with van der Waals surface area (Å²) in [5.74, 6) is -1.42. The second kappa shape index (κ2) is 5.17. The summed E-state index contributed by atoms with van der Waals surface area (Å²) in [5, 5.41) is 2.46. The van der Waals surface area contributed by atoms with Gasteiger partial charge in [0.1, 0.15) is 5.76 Å². The quantitative estimate of drug-likeness (QED) is 0.929. The van der Waals surface area contributed by atoms with Crippen molar-refractivity contribution in [3.8, 4) is 0 Å². The highest BCUT2D eigenvalue weighted by Gasteiger charge is 2.12. The predicted molar refractivity (Wildman–Crippen MR) is 64.7 cm³/mol. The molecule has 1 heterocycles. The van der Waals surface area contributed by atoms with Crippen molar-refractivity contribution in [3.05, 3.63) is 47.2 Å². The summed E-state index contributed by atoms with van der Waals surface area (Å²) in [6.45, 7) is 3.42. The Labute approximate surface area is 108 Å². The van der Waals surface area contributed by atoms with Crippen molar-refractivity contribution in [1.29, 1.82) is 0 Å². The lowest BCUT2D eigenvalue weighted by atomic mass is 10.2. The van der Waals surface area contributed by atoms with Crippen LogP contribution >= 0.6 is 0 Å². The Morgan fingerprint density at radius 1 is 1.32 bits per heavy atom. The largest absolute Gasteiger partial charge is 0.445 e. The first-order valence-electron chi connectivity index (χ1n) is 5.63. The first-order valence-corrected chi connectivity index (χ1v) is 5.63. The first kappa shape index (κ1) is 13.2. The van der Waals surface area contributed by atoms with Gasteiger partial charge in [0.15, 0.2) is 17.5 Å². The molecule has 0 spiro atoms. The van der Waals surface area contributed by atoms with Crippen molar-refractivity contribution in [2.75, 3.05) is 5.32 Å². The fraction of sp³-hybridized carbons (Fsp3) is 0.231. The van der Waals surface area contributed by atoms with Crippen LogP contribution in [0.2, 0.25) is 0 Å². The molecule has 0 fully saturated rings. The van der Waals surface area contributed by atoms with Gasteiger partial charge < -0.3 is 9.73 Å². The minimum absolute atomic E-state index is 0.00827. The molecule has 0 aliphatic rings. The Kier molecular flexibility index (Phi) is 3.59. The summed E-state index contributed by atoms with van der Waals surface area (Å²) in [6.07, 6.45) is -0.00827. The number of rotatable bonds is 3. The lowest BCUT2D eigenvalue weighted by Gasteiger charge is -2.04. The van der Waals surface area contributed by atoms with Crippen LogP contribution in [0.25, 0.3) is 0 Å². The number of oxazole rings is 1. The van der Waals surface area contributed by atoms with E-state index in [0.29, 0.717) is 17.3 Å². The molecule has 6 heteroatoms. The fourth-order valence-electron chi connectivity index (χ4n) is 1.66. The van der Waals surface area contributed by atoms with E-state index in [9.17, 15) is 13.6 Å². The highest BCUT2D eigenvalue weighted by molar-refractivity contribution is 5.92. The molecule has 100 valence electrons. The molecule has 0 unspecified atom stereocenters. The van der Waals surface area contributed by atoms with E-state index in [2.05, 4.69) is 10.3 Å². The van der Waals surface area contributed by atoms with E-state index in [-0.39, 0.29) is 18.0 Å². The molecular formula is C13H12F2N2O2. The molecule has 4 nitrogen and oxygen atoms in total. The number of halogens is 2. The predicted octanol–water partition coefficient (Wildman–Crippen LogP) is 2.75. The van der Waals surface area contributed by atoms with Crippen LogP contribution in [0.5, 0.6) is 0 Å². The van der Waals surface area contributed by atoms with Crippen LogP contribution in [-0.2, 0) is 11.2 Å². The van der Waals surface area contributed by atoms with Gasteiger partial charge in [-0.25, -0.2) is 13.8 Å². The molecule has 19 heavy (non-hydrogen) atoms. The number of hydrogen-bond donors (Lipinski definition) is 1. The van der Waals surface area contributed by atoms with Crippen molar-refractivity contribution in [3.63, 3.8) is 0 Å². The summed E-state index contributed by atoms with van der Waals surface area (Å²) in [7, 11) is 0. The number of hydrogen-bond acceptors (Lipinski definition) is 3. The Balaban J connectivity index is 2.05. The molecule has 0 radical (unpaired) electrons. The van der Waals surface area contributed by atoms with Gasteiger partial charge in [0.2, 0.25) is 5.91 Å². The average Bonchev–Trinajstić information content (AvgIpc) is 2.62. The lowest BCUT2D eigenvalue weighted by Crippen LogP contribution is -2.14. The van der Waals surface area contributed by atoms with Gasteiger partial charge >= 0.3 is 0 Å². The number of aromatic nitrogens is 1. The summed E-state index contributed by atoms with van der Waals surface area (Å²) >= 11 is 0. The maximum absolute atomic E-state index is 13.0. The topological polar surface area (TPSA) is 55.1 Å². The van der Waals surface area contributed by atoms with Crippen molar-refractivity contribution >= 4 is 11.6 Å². The fourth-order valence-corrected chi connectivity index (χ4v) is 1.66. The van der Waals surface area contributed by atoms with Crippen LogP contribution in [0.15, 0.2) is 22.6 Å². The smallest absolute Gasteiger partial charge is 0.232 e. The first-order chi connectivity index (χ1) is 8.95. The third-order valence-electron chi connectivity index (χ3n) is 2.52. The maximum Gasteiger partial charge on any atom is 0.232 e. The van der Waals surface area contributed by atoms with Crippen LogP contribution in [0.1, 0.15) is 17.3 Å². The van der Waals surface area contributed by atoms with E-state index in [0.717, 1.165) is 12.1 Å². The summed E-state index contributed by atoms with van der Waals surface area (Å²) in [6, 6.07) is 3.16. The highest BCUT2D eigenvalue weighted by Crippen LogP contribution is 2.15. The highest BCUT2D eigenvalue weighted by atomic mass is 19.2. The minimum atomic E-state index is -1.01. The molecule has 2 aromatic rings. The van der Waals surface area contributed by atoms with Gasteiger partial charge in [-0.1, -0.05) is 0 Å². The molecule has 0 aliphatic heterocycles. The Morgan fingerprint density at radius 2 is 2.05 bits per heavy atom. The molecule has 1 aromatic carbocycles. The second-order valence-electron chi connectivity index (χ2n) is 4.10. The maximum atomic E-state index is 13.0. The van der Waals surface area contributed by atoms with Gasteiger partial charge in [0.05, 0.1) is 12.1 Å². The summed E-state index contributed by atoms with van der Waals surface area (Å²) in [4.78, 5) is 15.8. The Hall–Kier alpha value is -2.24. The van der Waals surface area contributed by atoms with Crippen molar-refractivity contribution in [1.82, 2.24) is 4.98 Å². The average molecular weight is 266 g/mol. The molecule has 0 saturated carbocycles. The number of nitrogens with zero attached hydrogens (tertiary/aromatic N) is 1. The molecule has 2 rings (SSSR count). The van der Waals surface area contributed by atoms with Crippen LogP contribution in [0.4, 0.5) is 14.5 Å². The van der Waals surface area contributed by atoms with Crippen molar-refractivity contribution in [2.45, 2.75) is 20.3 Å². The number of carbonyl (C=O) groups excluding carboxylic acids is 1. The van der Waals surface area contributed by atoms with Gasteiger partial charge in [0.25, 0.3) is 0 Å². The van der Waals surface area contributed by atoms with Gasteiger partial charge in [0, 0.05) is 18.7 Å². The van der Waals surface area contributed by atoms with E-state index in [1.54, 1.807) is 13.8 Å². The molecule has 0 atom stereocenters. The molecular weight excluding hydrogens is 254 g/mol. The number of benzene rings is 1. The lowest BCUT2D eigenvalue weighted by molar-refractivity contribution is -0.115. The van der Waals surface area contributed by atoms with E-state index in [1.165, 1.54) is 6.07 Å². The van der Waals surface area contributed by atoms with Crippen LogP contribution in [-0.4, -0.2) is 10.9 Å². The van der Waals surface area contributed by atoms with Crippen molar-refractivity contribution < 1.29 is 18.0 Å². The Bertz CT molecular complexity index is 623. The standard InChI is InChI=1S/C13H12F2N2O2/c1-7-12(19-8(2)16-7)6-13(18)17-9-3-4-10(14)11(15)5-9/h3-5H,6H2,1-2H3,(H,17,18). The Morgan fingerprint density at radius 3 is 2.63 bits per heavy atom. The van der Waals surface area contributed by atoms with Gasteiger partial charge in [-0.2, -0.15) is 0 Å². The second-order valence-corrected chi connectivity index (χ2v) is 4.10. The van der Waals surface area contributed by atoms with Crippen LogP contribution in [0.3, 0.4) is 0 Å². The number of nitrogens with one attached hydrogen (secondary N) is 1. The normalized spacial score (nSPS) is 10.5. The number of anilines is 1. The van der Waals surface area contributed by atoms with Crippen LogP contribution < -0.4 is 5.32 Å². The van der Waals surface area contributed by atoms with Gasteiger partial charge in [-0.3, -0.25) is 4.79 Å². The zero-order chi connectivity index (χ0) is 14.0. The van der Waals surface area contributed by atoms with E-state index >= 15 is 0 Å². The zero-order valence-electron chi connectivity index (χ0n) is 10.5.